The van der Waals surface area contributed by atoms with Gasteiger partial charge < -0.3 is 16.0 Å². The molecule has 0 aliphatic carbocycles. The van der Waals surface area contributed by atoms with Crippen molar-refractivity contribution in [3.63, 3.8) is 0 Å². The maximum atomic E-state index is 11.7. The van der Waals surface area contributed by atoms with E-state index >= 15 is 0 Å². The molecule has 0 saturated carbocycles. The maximum absolute atomic E-state index is 11.7. The van der Waals surface area contributed by atoms with Crippen LogP contribution in [0, 0.1) is 0 Å². The Bertz CT molecular complexity index is 399. The van der Waals surface area contributed by atoms with Crippen LogP contribution in [0.1, 0.15) is 31.4 Å². The number of aromatic nitrogens is 1. The van der Waals surface area contributed by atoms with E-state index in [-0.39, 0.29) is 5.91 Å². The lowest BCUT2D eigenvalue weighted by molar-refractivity contribution is -0.120. The minimum absolute atomic E-state index is 0.0279. The number of nitrogens with zero attached hydrogens (tertiary/aromatic N) is 2. The van der Waals surface area contributed by atoms with Gasteiger partial charge in [0, 0.05) is 18.5 Å². The van der Waals surface area contributed by atoms with Gasteiger partial charge in [-0.05, 0) is 25.9 Å². The highest BCUT2D eigenvalue weighted by Crippen LogP contribution is 2.11. The van der Waals surface area contributed by atoms with E-state index in [2.05, 4.69) is 15.2 Å². The molecule has 0 bridgehead atoms. The van der Waals surface area contributed by atoms with Gasteiger partial charge >= 0.3 is 0 Å². The Morgan fingerprint density at radius 3 is 2.74 bits per heavy atom. The molecule has 1 aromatic heterocycles. The summed E-state index contributed by atoms with van der Waals surface area (Å²) in [5, 5.41) is 5.31. The molecule has 19 heavy (non-hydrogen) atoms. The molecule has 2 rings (SSSR count). The van der Waals surface area contributed by atoms with Gasteiger partial charge in [-0.1, -0.05) is 12.8 Å². The number of nitrogens with two attached hydrogens (primary N) is 1. The lowest BCUT2D eigenvalue weighted by Gasteiger charge is -2.19. The van der Waals surface area contributed by atoms with Crippen molar-refractivity contribution < 1.29 is 4.79 Å². The largest absolute Gasteiger partial charge is 0.375 e. The fourth-order valence-corrected chi connectivity index (χ4v) is 2.91. The van der Waals surface area contributed by atoms with Gasteiger partial charge in [0.25, 0.3) is 0 Å². The second-order valence-electron chi connectivity index (χ2n) is 4.96. The Morgan fingerprint density at radius 1 is 1.37 bits per heavy atom. The van der Waals surface area contributed by atoms with E-state index in [0.29, 0.717) is 11.6 Å². The standard InChI is InChI=1S/C13H22N4OS/c14-13-16-11(10-19-13)9-12(18)15-5-8-17-6-3-1-2-4-7-17/h10H,1-9H2,(H2,14,16)(H,15,18). The number of carbonyl (C=O) groups is 1. The summed E-state index contributed by atoms with van der Waals surface area (Å²) < 4.78 is 0. The third kappa shape index (κ3) is 5.16. The molecule has 1 aliphatic rings. The predicted molar refractivity (Wildman–Crippen MR) is 78.1 cm³/mol. The van der Waals surface area contributed by atoms with E-state index in [9.17, 15) is 4.79 Å². The van der Waals surface area contributed by atoms with E-state index in [4.69, 9.17) is 5.73 Å². The Labute approximate surface area is 118 Å². The van der Waals surface area contributed by atoms with E-state index in [1.54, 1.807) is 0 Å². The van der Waals surface area contributed by atoms with Crippen LogP contribution in [0.3, 0.4) is 0 Å². The van der Waals surface area contributed by atoms with Crippen molar-refractivity contribution in [2.24, 2.45) is 0 Å². The van der Waals surface area contributed by atoms with Crippen molar-refractivity contribution in [2.75, 3.05) is 31.9 Å². The zero-order valence-electron chi connectivity index (χ0n) is 11.2. The van der Waals surface area contributed by atoms with Gasteiger partial charge in [0.1, 0.15) is 0 Å². The summed E-state index contributed by atoms with van der Waals surface area (Å²) in [4.78, 5) is 18.3. The highest BCUT2D eigenvalue weighted by Gasteiger charge is 2.10. The van der Waals surface area contributed by atoms with E-state index in [0.717, 1.165) is 18.8 Å². The topological polar surface area (TPSA) is 71.2 Å². The quantitative estimate of drug-likeness (QED) is 0.853. The zero-order chi connectivity index (χ0) is 13.5. The fourth-order valence-electron chi connectivity index (χ4n) is 2.34. The maximum Gasteiger partial charge on any atom is 0.226 e. The highest BCUT2D eigenvalue weighted by molar-refractivity contribution is 7.13. The molecule has 0 radical (unpaired) electrons. The zero-order valence-corrected chi connectivity index (χ0v) is 12.0. The van der Waals surface area contributed by atoms with Crippen LogP contribution in [0.5, 0.6) is 0 Å². The van der Waals surface area contributed by atoms with Gasteiger partial charge in [0.2, 0.25) is 5.91 Å². The molecule has 0 spiro atoms. The first-order chi connectivity index (χ1) is 9.24. The molecule has 1 saturated heterocycles. The Morgan fingerprint density at radius 2 is 2.11 bits per heavy atom. The summed E-state index contributed by atoms with van der Waals surface area (Å²) in [6.45, 7) is 4.00. The first kappa shape index (κ1) is 14.3. The summed E-state index contributed by atoms with van der Waals surface area (Å²) in [5.41, 5.74) is 6.29. The van der Waals surface area contributed by atoms with Crippen LogP contribution >= 0.6 is 11.3 Å². The molecule has 3 N–H and O–H groups in total. The molecule has 5 nitrogen and oxygen atoms in total. The molecule has 6 heteroatoms. The molecule has 1 amide bonds. The lowest BCUT2D eigenvalue weighted by Crippen LogP contribution is -2.36. The minimum atomic E-state index is 0.0279. The lowest BCUT2D eigenvalue weighted by atomic mass is 10.2. The van der Waals surface area contributed by atoms with E-state index < -0.39 is 0 Å². The van der Waals surface area contributed by atoms with Crippen molar-refractivity contribution in [1.29, 1.82) is 0 Å². The number of nitrogens with one attached hydrogen (secondary N) is 1. The molecule has 1 fully saturated rings. The molecule has 0 atom stereocenters. The second kappa shape index (κ2) is 7.45. The second-order valence-corrected chi connectivity index (χ2v) is 5.85. The van der Waals surface area contributed by atoms with Crippen LogP contribution in [-0.2, 0) is 11.2 Å². The SMILES string of the molecule is Nc1nc(CC(=O)NCCN2CCCCCC2)cs1. The Hall–Kier alpha value is -1.14. The molecular weight excluding hydrogens is 260 g/mol. The Kier molecular flexibility index (Phi) is 5.60. The third-order valence-corrected chi connectivity index (χ3v) is 4.08. The average Bonchev–Trinajstić information content (AvgIpc) is 2.65. The monoisotopic (exact) mass is 282 g/mol. The van der Waals surface area contributed by atoms with Gasteiger partial charge in [-0.2, -0.15) is 0 Å². The van der Waals surface area contributed by atoms with Crippen molar-refractivity contribution in [2.45, 2.75) is 32.1 Å². The number of nitrogen functional groups attached to an aromatic ring is 1. The molecule has 106 valence electrons. The molecule has 1 aromatic rings. The smallest absolute Gasteiger partial charge is 0.226 e. The van der Waals surface area contributed by atoms with Crippen molar-refractivity contribution >= 4 is 22.4 Å². The predicted octanol–water partition coefficient (Wildman–Crippen LogP) is 1.26. The highest BCUT2D eigenvalue weighted by atomic mass is 32.1. The number of hydrogen-bond acceptors (Lipinski definition) is 5. The summed E-state index contributed by atoms with van der Waals surface area (Å²) in [6.07, 6.45) is 5.58. The van der Waals surface area contributed by atoms with Crippen molar-refractivity contribution in [1.82, 2.24) is 15.2 Å². The van der Waals surface area contributed by atoms with E-state index in [1.165, 1.54) is 50.1 Å². The van der Waals surface area contributed by atoms with Crippen LogP contribution in [0.15, 0.2) is 5.38 Å². The van der Waals surface area contributed by atoms with Gasteiger partial charge in [-0.15, -0.1) is 11.3 Å². The molecule has 1 aliphatic heterocycles. The van der Waals surface area contributed by atoms with Crippen LogP contribution < -0.4 is 11.1 Å². The number of anilines is 1. The van der Waals surface area contributed by atoms with Gasteiger partial charge in [-0.3, -0.25) is 4.79 Å². The number of likely N-dealkylation sites (tertiary alicyclic amines) is 1. The number of amides is 1. The van der Waals surface area contributed by atoms with Crippen LogP contribution in [-0.4, -0.2) is 42.0 Å². The third-order valence-electron chi connectivity index (χ3n) is 3.36. The van der Waals surface area contributed by atoms with Crippen LogP contribution in [0.4, 0.5) is 5.13 Å². The summed E-state index contributed by atoms with van der Waals surface area (Å²) in [7, 11) is 0. The van der Waals surface area contributed by atoms with Crippen LogP contribution in [0.2, 0.25) is 0 Å². The van der Waals surface area contributed by atoms with E-state index in [1.807, 2.05) is 5.38 Å². The number of carbonyl (C=O) groups excluding carboxylic acids is 1. The molecule has 0 unspecified atom stereocenters. The minimum Gasteiger partial charge on any atom is -0.375 e. The molecule has 0 aromatic carbocycles. The van der Waals surface area contributed by atoms with Crippen molar-refractivity contribution in [3.8, 4) is 0 Å². The molecule has 2 heterocycles. The Balaban J connectivity index is 1.63. The van der Waals surface area contributed by atoms with Gasteiger partial charge in [0.05, 0.1) is 12.1 Å². The number of hydrogen-bond donors (Lipinski definition) is 2. The summed E-state index contributed by atoms with van der Waals surface area (Å²) >= 11 is 1.37. The van der Waals surface area contributed by atoms with Gasteiger partial charge in [0.15, 0.2) is 5.13 Å². The van der Waals surface area contributed by atoms with Crippen molar-refractivity contribution in [3.05, 3.63) is 11.1 Å². The van der Waals surface area contributed by atoms with Gasteiger partial charge in [-0.25, -0.2) is 4.98 Å². The van der Waals surface area contributed by atoms with Crippen LogP contribution in [0.25, 0.3) is 0 Å². The average molecular weight is 282 g/mol. The summed E-state index contributed by atoms with van der Waals surface area (Å²) in [5.74, 6) is 0.0279. The first-order valence-electron chi connectivity index (χ1n) is 6.93. The number of thiazole rings is 1. The summed E-state index contributed by atoms with van der Waals surface area (Å²) in [6, 6.07) is 0. The molecular formula is C13H22N4OS. The first-order valence-corrected chi connectivity index (χ1v) is 7.81. The normalized spacial score (nSPS) is 17.1. The number of rotatable bonds is 5. The fraction of sp³-hybridized carbons (Fsp3) is 0.692.